The van der Waals surface area contributed by atoms with Crippen molar-refractivity contribution in [3.63, 3.8) is 0 Å². The predicted octanol–water partition coefficient (Wildman–Crippen LogP) is 2.22. The maximum Gasteiger partial charge on any atom is 0.573 e. The van der Waals surface area contributed by atoms with Gasteiger partial charge in [-0.25, -0.2) is 9.37 Å². The Hall–Kier alpha value is -3.09. The molecule has 0 amide bonds. The van der Waals surface area contributed by atoms with Crippen molar-refractivity contribution in [3.8, 4) is 23.1 Å². The molecule has 2 rings (SSSR count). The van der Waals surface area contributed by atoms with Crippen LogP contribution in [-0.4, -0.2) is 16.3 Å². The third kappa shape index (κ3) is 3.14. The van der Waals surface area contributed by atoms with Crippen LogP contribution in [0, 0.1) is 17.1 Å². The molecule has 0 aliphatic rings. The lowest BCUT2D eigenvalue weighted by molar-refractivity contribution is -0.274. The van der Waals surface area contributed by atoms with Gasteiger partial charge in [0.15, 0.2) is 0 Å². The van der Waals surface area contributed by atoms with Crippen LogP contribution in [0.4, 0.5) is 29.3 Å². The topological polar surface area (TPSA) is 111 Å². The van der Waals surface area contributed by atoms with Gasteiger partial charge in [-0.15, -0.1) is 13.2 Å². The normalized spacial score (nSPS) is 11.0. The fourth-order valence-corrected chi connectivity index (χ4v) is 1.70. The number of nitrogens with zero attached hydrogens (tertiary/aromatic N) is 3. The molecule has 0 bridgehead atoms. The van der Waals surface area contributed by atoms with Crippen molar-refractivity contribution in [1.29, 1.82) is 5.26 Å². The van der Waals surface area contributed by atoms with Crippen molar-refractivity contribution in [2.45, 2.75) is 6.36 Å². The number of rotatable bonds is 2. The highest BCUT2D eigenvalue weighted by Crippen LogP contribution is 2.36. The molecule has 114 valence electrons. The molecule has 0 fully saturated rings. The minimum absolute atomic E-state index is 0.341. The summed E-state index contributed by atoms with van der Waals surface area (Å²) in [4.78, 5) is 7.18. The van der Waals surface area contributed by atoms with Crippen molar-refractivity contribution in [1.82, 2.24) is 9.97 Å². The van der Waals surface area contributed by atoms with Gasteiger partial charge in [-0.3, -0.25) is 0 Å². The molecule has 1 aromatic carbocycles. The first-order valence-corrected chi connectivity index (χ1v) is 5.60. The van der Waals surface area contributed by atoms with Gasteiger partial charge in [-0.2, -0.15) is 10.2 Å². The Balaban J connectivity index is 2.72. The summed E-state index contributed by atoms with van der Waals surface area (Å²) in [5.41, 5.74) is 9.72. The molecule has 0 aliphatic carbocycles. The molecule has 0 spiro atoms. The lowest BCUT2D eigenvalue weighted by atomic mass is 10.1. The molecule has 0 unspecified atom stereocenters. The Bertz CT molecular complexity index is 769. The number of aromatic nitrogens is 2. The highest BCUT2D eigenvalue weighted by molar-refractivity contribution is 5.77. The number of anilines is 2. The molecule has 1 aromatic heterocycles. The van der Waals surface area contributed by atoms with Gasteiger partial charge in [0.1, 0.15) is 29.0 Å². The number of hydrogen-bond donors (Lipinski definition) is 2. The van der Waals surface area contributed by atoms with Gasteiger partial charge in [0.05, 0.1) is 5.69 Å². The van der Waals surface area contributed by atoms with E-state index < -0.39 is 23.5 Å². The molecule has 0 radical (unpaired) electrons. The van der Waals surface area contributed by atoms with Crippen molar-refractivity contribution in [2.75, 3.05) is 11.5 Å². The summed E-state index contributed by atoms with van der Waals surface area (Å²) in [5, 5.41) is 9.04. The lowest BCUT2D eigenvalue weighted by Gasteiger charge is -2.14. The second kappa shape index (κ2) is 5.36. The van der Waals surface area contributed by atoms with Crippen LogP contribution in [-0.2, 0) is 0 Å². The Labute approximate surface area is 121 Å². The standard InChI is InChI=1S/C12H7F4N5O/c13-5-1-2-8(22-12(14,15)16)6(3-5)9-7(4-17)10(18)21-11(19)20-9/h1-3H,(H4,18,19,20,21). The highest BCUT2D eigenvalue weighted by Gasteiger charge is 2.33. The van der Waals surface area contributed by atoms with E-state index in [-0.39, 0.29) is 23.0 Å². The van der Waals surface area contributed by atoms with E-state index in [0.717, 1.165) is 18.2 Å². The Kier molecular flexibility index (Phi) is 3.73. The molecule has 6 nitrogen and oxygen atoms in total. The van der Waals surface area contributed by atoms with E-state index in [9.17, 15) is 17.6 Å². The van der Waals surface area contributed by atoms with Crippen LogP contribution < -0.4 is 16.2 Å². The molecular weight excluding hydrogens is 306 g/mol. The monoisotopic (exact) mass is 313 g/mol. The van der Waals surface area contributed by atoms with Crippen LogP contribution in [0.1, 0.15) is 5.56 Å². The third-order valence-corrected chi connectivity index (χ3v) is 2.49. The van der Waals surface area contributed by atoms with Crippen LogP contribution in [0.25, 0.3) is 11.3 Å². The largest absolute Gasteiger partial charge is 0.573 e. The van der Waals surface area contributed by atoms with E-state index in [1.54, 1.807) is 6.07 Å². The van der Waals surface area contributed by atoms with E-state index in [2.05, 4.69) is 14.7 Å². The molecule has 22 heavy (non-hydrogen) atoms. The van der Waals surface area contributed by atoms with Crippen molar-refractivity contribution in [3.05, 3.63) is 29.6 Å². The summed E-state index contributed by atoms with van der Waals surface area (Å²) in [6.07, 6.45) is -5.01. The lowest BCUT2D eigenvalue weighted by Crippen LogP contribution is -2.18. The maximum atomic E-state index is 13.4. The first-order valence-electron chi connectivity index (χ1n) is 5.60. The number of nitrogen functional groups attached to an aromatic ring is 2. The van der Waals surface area contributed by atoms with Crippen LogP contribution in [0.5, 0.6) is 5.75 Å². The summed E-state index contributed by atoms with van der Waals surface area (Å²) >= 11 is 0. The predicted molar refractivity (Wildman–Crippen MR) is 67.6 cm³/mol. The average molecular weight is 313 g/mol. The fraction of sp³-hybridized carbons (Fsp3) is 0.0833. The van der Waals surface area contributed by atoms with Gasteiger partial charge in [0.2, 0.25) is 5.95 Å². The molecule has 1 heterocycles. The molecule has 0 saturated heterocycles. The molecule has 2 aromatic rings. The van der Waals surface area contributed by atoms with E-state index in [1.165, 1.54) is 0 Å². The summed E-state index contributed by atoms with van der Waals surface area (Å²) in [6, 6.07) is 3.89. The van der Waals surface area contributed by atoms with Crippen LogP contribution >= 0.6 is 0 Å². The SMILES string of the molecule is N#Cc1c(N)nc(N)nc1-c1cc(F)ccc1OC(F)(F)F. The van der Waals surface area contributed by atoms with Crippen molar-refractivity contribution in [2.24, 2.45) is 0 Å². The average Bonchev–Trinajstić information content (AvgIpc) is 2.38. The molecule has 0 saturated carbocycles. The Morgan fingerprint density at radius 3 is 2.45 bits per heavy atom. The molecule has 0 aliphatic heterocycles. The van der Waals surface area contributed by atoms with Crippen LogP contribution in [0.15, 0.2) is 18.2 Å². The number of nitrogens with two attached hydrogens (primary N) is 2. The summed E-state index contributed by atoms with van der Waals surface area (Å²) < 4.78 is 54.4. The number of hydrogen-bond acceptors (Lipinski definition) is 6. The van der Waals surface area contributed by atoms with Crippen molar-refractivity contribution < 1.29 is 22.3 Å². The van der Waals surface area contributed by atoms with E-state index in [1.807, 2.05) is 0 Å². The highest BCUT2D eigenvalue weighted by atomic mass is 19.4. The summed E-state index contributed by atoms with van der Waals surface area (Å²) in [7, 11) is 0. The van der Waals surface area contributed by atoms with Gasteiger partial charge in [0.25, 0.3) is 0 Å². The molecular formula is C12H7F4N5O. The molecule has 4 N–H and O–H groups in total. The Morgan fingerprint density at radius 1 is 1.18 bits per heavy atom. The van der Waals surface area contributed by atoms with Gasteiger partial charge >= 0.3 is 6.36 Å². The fourth-order valence-electron chi connectivity index (χ4n) is 1.70. The molecule has 10 heteroatoms. The number of benzene rings is 1. The smallest absolute Gasteiger partial charge is 0.405 e. The quantitative estimate of drug-likeness (QED) is 0.822. The number of alkyl halides is 3. The minimum Gasteiger partial charge on any atom is -0.405 e. The number of halogens is 4. The zero-order valence-corrected chi connectivity index (χ0v) is 10.6. The van der Waals surface area contributed by atoms with E-state index in [0.29, 0.717) is 0 Å². The van der Waals surface area contributed by atoms with Crippen LogP contribution in [0.2, 0.25) is 0 Å². The van der Waals surface area contributed by atoms with Crippen molar-refractivity contribution >= 4 is 11.8 Å². The Morgan fingerprint density at radius 2 is 1.86 bits per heavy atom. The van der Waals surface area contributed by atoms with Crippen LogP contribution in [0.3, 0.4) is 0 Å². The molecule has 0 atom stereocenters. The second-order valence-corrected chi connectivity index (χ2v) is 3.99. The first-order chi connectivity index (χ1) is 10.2. The summed E-state index contributed by atoms with van der Waals surface area (Å²) in [6.45, 7) is 0. The zero-order chi connectivity index (χ0) is 16.5. The minimum atomic E-state index is -5.01. The zero-order valence-electron chi connectivity index (χ0n) is 10.6. The first kappa shape index (κ1) is 15.3. The maximum absolute atomic E-state index is 13.4. The van der Waals surface area contributed by atoms with Gasteiger partial charge in [-0.05, 0) is 18.2 Å². The van der Waals surface area contributed by atoms with E-state index >= 15 is 0 Å². The number of nitriles is 1. The van der Waals surface area contributed by atoms with Gasteiger partial charge < -0.3 is 16.2 Å². The number of ether oxygens (including phenoxy) is 1. The summed E-state index contributed by atoms with van der Waals surface area (Å²) in [5.74, 6) is -2.33. The van der Waals surface area contributed by atoms with E-state index in [4.69, 9.17) is 16.7 Å². The van der Waals surface area contributed by atoms with Gasteiger partial charge in [0, 0.05) is 5.56 Å². The third-order valence-electron chi connectivity index (χ3n) is 2.49. The van der Waals surface area contributed by atoms with Gasteiger partial charge in [-0.1, -0.05) is 0 Å². The second-order valence-electron chi connectivity index (χ2n) is 3.99.